The molecular weight excluding hydrogens is 703 g/mol. The third-order valence-electron chi connectivity index (χ3n) is 8.35. The molecule has 6 aromatic rings. The molecule has 1 saturated heterocycles. The molecule has 4 atom stereocenters. The second kappa shape index (κ2) is 15.7. The van der Waals surface area contributed by atoms with Gasteiger partial charge in [-0.15, -0.1) is 0 Å². The monoisotopic (exact) mass is 736 g/mol. The highest BCUT2D eigenvalue weighted by Gasteiger charge is 2.47. The molecule has 3 heterocycles. The van der Waals surface area contributed by atoms with Crippen molar-refractivity contribution in [3.05, 3.63) is 149 Å². The van der Waals surface area contributed by atoms with Crippen molar-refractivity contribution in [3.8, 4) is 0 Å². The highest BCUT2D eigenvalue weighted by atomic mass is 31.2. The van der Waals surface area contributed by atoms with Gasteiger partial charge in [0.15, 0.2) is 23.2 Å². The van der Waals surface area contributed by atoms with Crippen LogP contribution >= 0.6 is 7.67 Å². The quantitative estimate of drug-likeness (QED) is 0.0561. The van der Waals surface area contributed by atoms with E-state index in [1.54, 1.807) is 97.1 Å². The van der Waals surface area contributed by atoms with E-state index in [1.807, 2.05) is 12.1 Å². The van der Waals surface area contributed by atoms with E-state index in [9.17, 15) is 24.6 Å². The number of benzene rings is 4. The topological polar surface area (TPSA) is 205 Å². The first-order chi connectivity index (χ1) is 25.8. The summed E-state index contributed by atoms with van der Waals surface area (Å²) in [6.07, 6.45) is -2.14. The lowest BCUT2D eigenvalue weighted by molar-refractivity contribution is -0.386. The predicted molar refractivity (Wildman–Crippen MR) is 195 cm³/mol. The Labute approximate surface area is 302 Å². The maximum atomic E-state index is 14.4. The number of nitro benzene ring substituents is 1. The zero-order chi connectivity index (χ0) is 36.8. The van der Waals surface area contributed by atoms with Crippen molar-refractivity contribution in [2.75, 3.05) is 22.1 Å². The largest absolute Gasteiger partial charge is 0.391 e. The Bertz CT molecular complexity index is 2200. The zero-order valence-corrected chi connectivity index (χ0v) is 28.7. The molecule has 1 amide bonds. The number of carbonyl (C=O) groups excluding carboxylic acids is 1. The fourth-order valence-corrected chi connectivity index (χ4v) is 7.34. The van der Waals surface area contributed by atoms with Crippen LogP contribution in [-0.2, 0) is 25.2 Å². The minimum atomic E-state index is -3.91. The van der Waals surface area contributed by atoms with Crippen LogP contribution in [0.5, 0.6) is 0 Å². The van der Waals surface area contributed by atoms with Gasteiger partial charge < -0.3 is 19.9 Å². The van der Waals surface area contributed by atoms with E-state index in [2.05, 4.69) is 30.4 Å². The highest BCUT2D eigenvalue weighted by molar-refractivity contribution is 7.62. The molecule has 0 saturated carbocycles. The second-order valence-electron chi connectivity index (χ2n) is 11.9. The van der Waals surface area contributed by atoms with E-state index in [0.717, 1.165) is 0 Å². The number of amides is 1. The number of nitro groups is 1. The van der Waals surface area contributed by atoms with Crippen molar-refractivity contribution in [2.24, 2.45) is 0 Å². The number of hydrogen-bond donors (Lipinski definition) is 4. The van der Waals surface area contributed by atoms with Gasteiger partial charge in [0.05, 0.1) is 30.0 Å². The van der Waals surface area contributed by atoms with E-state index in [-0.39, 0.29) is 41.4 Å². The molecule has 4 aromatic carbocycles. The van der Waals surface area contributed by atoms with Gasteiger partial charge in [0.1, 0.15) is 24.6 Å². The summed E-state index contributed by atoms with van der Waals surface area (Å²) in [6, 6.07) is 32.4. The number of nitrogens with zero attached hydrogens (tertiary/aromatic N) is 5. The second-order valence-corrected chi connectivity index (χ2v) is 13.7. The van der Waals surface area contributed by atoms with Gasteiger partial charge in [-0.1, -0.05) is 66.7 Å². The van der Waals surface area contributed by atoms with Crippen LogP contribution in [-0.4, -0.2) is 60.4 Å². The molecule has 0 aliphatic carbocycles. The number of nitrogens with one attached hydrogen (secondary N) is 3. The first kappa shape index (κ1) is 35.4. The lowest BCUT2D eigenvalue weighted by Gasteiger charge is -2.25. The molecule has 0 radical (unpaired) electrons. The molecule has 0 spiro atoms. The fourth-order valence-electron chi connectivity index (χ4n) is 5.82. The Hall–Kier alpha value is -6.03. The summed E-state index contributed by atoms with van der Waals surface area (Å²) in [5, 5.41) is 32.1. The standard InChI is InChI=1S/C36H33N8O8P/c45-31-32(50-20-25-14-10-11-19-28(25)44(47)48)29(21-51-53(49,41-26-15-6-2-7-16-26)42-27-17-8-3-9-18-27)52-36(31)43-23-39-30-33(37-22-38-34(30)43)40-35(46)24-12-4-1-5-13-24/h1-19,22-23,29,31-32,36,45H,20-21H2,(H2,41,42,49)(H,37,38,40,46)/t29-,31-,32-,36-/m1/s1. The number of fused-ring (bicyclic) bond motifs is 1. The number of hydrogen-bond acceptors (Lipinski definition) is 11. The summed E-state index contributed by atoms with van der Waals surface area (Å²) >= 11 is 0. The maximum absolute atomic E-state index is 14.4. The third kappa shape index (κ3) is 8.07. The van der Waals surface area contributed by atoms with Crippen molar-refractivity contribution in [2.45, 2.75) is 31.1 Å². The summed E-state index contributed by atoms with van der Waals surface area (Å²) < 4.78 is 34.4. The Morgan fingerprint density at radius 3 is 2.17 bits per heavy atom. The number of aliphatic hydroxyl groups excluding tert-OH is 1. The Morgan fingerprint density at radius 2 is 1.51 bits per heavy atom. The number of carbonyl (C=O) groups is 1. The summed E-state index contributed by atoms with van der Waals surface area (Å²) in [6.45, 7) is -0.609. The fraction of sp³-hybridized carbons (Fsp3) is 0.167. The molecule has 1 aliphatic rings. The molecular formula is C36H33N8O8P. The smallest absolute Gasteiger partial charge is 0.386 e. The van der Waals surface area contributed by atoms with Gasteiger partial charge >= 0.3 is 7.67 Å². The van der Waals surface area contributed by atoms with Gasteiger partial charge in [0, 0.05) is 23.0 Å². The average molecular weight is 737 g/mol. The van der Waals surface area contributed by atoms with E-state index in [4.69, 9.17) is 14.0 Å². The van der Waals surface area contributed by atoms with Crippen LogP contribution in [0.4, 0.5) is 22.9 Å². The number of rotatable bonds is 14. The summed E-state index contributed by atoms with van der Waals surface area (Å²) in [7, 11) is -3.91. The molecule has 270 valence electrons. The van der Waals surface area contributed by atoms with E-state index in [1.165, 1.54) is 23.3 Å². The van der Waals surface area contributed by atoms with Gasteiger partial charge in [-0.25, -0.2) is 19.5 Å². The summed E-state index contributed by atoms with van der Waals surface area (Å²) in [5.41, 5.74) is 2.03. The van der Waals surface area contributed by atoms with Gasteiger partial charge in [-0.3, -0.25) is 34.2 Å². The van der Waals surface area contributed by atoms with E-state index >= 15 is 0 Å². The molecule has 2 aromatic heterocycles. The Balaban J connectivity index is 1.17. The molecule has 1 fully saturated rings. The minimum Gasteiger partial charge on any atom is -0.386 e. The number of ether oxygens (including phenoxy) is 2. The number of para-hydroxylation sites is 3. The SMILES string of the molecule is O=C(Nc1ncnc2c1ncn2[C@@H]1O[C@H](COP(=O)(Nc2ccccc2)Nc2ccccc2)[C@@H](OCc2ccccc2[N+](=O)[O-])[C@H]1O)c1ccccc1. The number of anilines is 3. The lowest BCUT2D eigenvalue weighted by Crippen LogP contribution is -2.36. The average Bonchev–Trinajstić information content (AvgIpc) is 3.75. The first-order valence-electron chi connectivity index (χ1n) is 16.4. The van der Waals surface area contributed by atoms with Crippen molar-refractivity contribution in [1.82, 2.24) is 19.5 Å². The molecule has 4 N–H and O–H groups in total. The lowest BCUT2D eigenvalue weighted by atomic mass is 10.1. The van der Waals surface area contributed by atoms with Crippen molar-refractivity contribution in [1.29, 1.82) is 0 Å². The molecule has 1 aliphatic heterocycles. The van der Waals surface area contributed by atoms with Crippen molar-refractivity contribution >= 4 is 47.6 Å². The normalized spacial score (nSPS) is 18.4. The van der Waals surface area contributed by atoms with Gasteiger partial charge in [-0.05, 0) is 42.5 Å². The molecule has 53 heavy (non-hydrogen) atoms. The molecule has 7 rings (SSSR count). The third-order valence-corrected chi connectivity index (χ3v) is 9.97. The van der Waals surface area contributed by atoms with Crippen LogP contribution in [0.15, 0.2) is 128 Å². The van der Waals surface area contributed by atoms with Crippen LogP contribution in [0.3, 0.4) is 0 Å². The minimum absolute atomic E-state index is 0.138. The number of aromatic nitrogens is 4. The molecule has 0 bridgehead atoms. The van der Waals surface area contributed by atoms with E-state index < -0.39 is 43.0 Å². The summed E-state index contributed by atoms with van der Waals surface area (Å²) in [5.74, 6) is -0.269. The number of aliphatic hydroxyl groups is 1. The van der Waals surface area contributed by atoms with Crippen LogP contribution < -0.4 is 15.5 Å². The van der Waals surface area contributed by atoms with Gasteiger partial charge in [0.25, 0.3) is 11.6 Å². The zero-order valence-electron chi connectivity index (χ0n) is 27.8. The van der Waals surface area contributed by atoms with Crippen LogP contribution in [0.2, 0.25) is 0 Å². The van der Waals surface area contributed by atoms with Gasteiger partial charge in [0.2, 0.25) is 0 Å². The molecule has 16 nitrogen and oxygen atoms in total. The van der Waals surface area contributed by atoms with Crippen LogP contribution in [0.1, 0.15) is 22.1 Å². The van der Waals surface area contributed by atoms with Crippen LogP contribution in [0, 0.1) is 10.1 Å². The predicted octanol–water partition coefficient (Wildman–Crippen LogP) is 6.18. The van der Waals surface area contributed by atoms with Gasteiger partial charge in [-0.2, -0.15) is 0 Å². The summed E-state index contributed by atoms with van der Waals surface area (Å²) in [4.78, 5) is 37.1. The van der Waals surface area contributed by atoms with Crippen molar-refractivity contribution < 1.29 is 33.4 Å². The Kier molecular flexibility index (Phi) is 10.5. The maximum Gasteiger partial charge on any atom is 0.391 e. The highest BCUT2D eigenvalue weighted by Crippen LogP contribution is 2.48. The first-order valence-corrected chi connectivity index (χ1v) is 18.0. The van der Waals surface area contributed by atoms with E-state index in [0.29, 0.717) is 16.9 Å². The van der Waals surface area contributed by atoms with Crippen LogP contribution in [0.25, 0.3) is 11.2 Å². The Morgan fingerprint density at radius 1 is 0.887 bits per heavy atom. The molecule has 0 unspecified atom stereocenters. The molecule has 17 heteroatoms. The van der Waals surface area contributed by atoms with Crippen molar-refractivity contribution in [3.63, 3.8) is 0 Å². The number of imidazole rings is 1.